The Morgan fingerprint density at radius 2 is 2.19 bits per heavy atom. The predicted octanol–water partition coefficient (Wildman–Crippen LogP) is 1.91. The molecule has 2 aromatic heterocycles. The summed E-state index contributed by atoms with van der Waals surface area (Å²) in [7, 11) is 0. The van der Waals surface area contributed by atoms with Crippen LogP contribution in [-0.2, 0) is 4.79 Å². The molecule has 2 aromatic rings. The van der Waals surface area contributed by atoms with Crippen molar-refractivity contribution in [2.45, 2.75) is 24.1 Å². The van der Waals surface area contributed by atoms with Crippen LogP contribution in [0.15, 0.2) is 17.4 Å². The zero-order chi connectivity index (χ0) is 14.8. The van der Waals surface area contributed by atoms with Crippen LogP contribution in [0.4, 0.5) is 0 Å². The van der Waals surface area contributed by atoms with E-state index < -0.39 is 0 Å². The molecule has 3 heterocycles. The van der Waals surface area contributed by atoms with Gasteiger partial charge >= 0.3 is 0 Å². The van der Waals surface area contributed by atoms with Crippen LogP contribution in [0.25, 0.3) is 10.2 Å². The molecule has 1 amide bonds. The Morgan fingerprint density at radius 3 is 2.95 bits per heavy atom. The fraction of sp³-hybridized carbons (Fsp3) is 0.500. The van der Waals surface area contributed by atoms with Gasteiger partial charge in [0.05, 0.1) is 5.25 Å². The maximum atomic E-state index is 12.5. The largest absolute Gasteiger partial charge is 0.339 e. The molecule has 1 aliphatic heterocycles. The van der Waals surface area contributed by atoms with Gasteiger partial charge in [-0.2, -0.15) is 0 Å². The minimum Gasteiger partial charge on any atom is -0.339 e. The van der Waals surface area contributed by atoms with Crippen molar-refractivity contribution in [1.82, 2.24) is 20.2 Å². The number of nitrogens with zero attached hydrogens (tertiary/aromatic N) is 3. The van der Waals surface area contributed by atoms with Gasteiger partial charge in [-0.3, -0.25) is 4.79 Å². The van der Waals surface area contributed by atoms with Crippen LogP contribution in [0.3, 0.4) is 0 Å². The van der Waals surface area contributed by atoms with Crippen LogP contribution in [0.1, 0.15) is 11.8 Å². The smallest absolute Gasteiger partial charge is 0.235 e. The molecular weight excluding hydrogens is 304 g/mol. The number of thioether (sulfide) groups is 1. The number of aromatic nitrogens is 2. The first-order valence-electron chi connectivity index (χ1n) is 7.02. The lowest BCUT2D eigenvalue weighted by molar-refractivity contribution is -0.130. The molecule has 5 nitrogen and oxygen atoms in total. The van der Waals surface area contributed by atoms with Crippen LogP contribution in [0.5, 0.6) is 0 Å². The molecule has 1 saturated heterocycles. The van der Waals surface area contributed by atoms with Crippen LogP contribution in [0.2, 0.25) is 0 Å². The van der Waals surface area contributed by atoms with E-state index in [-0.39, 0.29) is 11.2 Å². The number of carbonyl (C=O) groups excluding carboxylic acids is 1. The second-order valence-corrected chi connectivity index (χ2v) is 7.65. The standard InChI is InChI=1S/C14H18N4OS2/c1-9-7-11-12(20-9)16-8-17-13(11)21-10(2)14(19)18-5-3-15-4-6-18/h7-8,10,15H,3-6H2,1-2H3. The van der Waals surface area contributed by atoms with Crippen molar-refractivity contribution in [3.63, 3.8) is 0 Å². The molecule has 3 rings (SSSR count). The lowest BCUT2D eigenvalue weighted by Crippen LogP contribution is -2.48. The van der Waals surface area contributed by atoms with Gasteiger partial charge in [0.1, 0.15) is 16.2 Å². The molecule has 1 atom stereocenters. The summed E-state index contributed by atoms with van der Waals surface area (Å²) in [5.41, 5.74) is 0. The summed E-state index contributed by atoms with van der Waals surface area (Å²) >= 11 is 3.19. The molecule has 7 heteroatoms. The van der Waals surface area contributed by atoms with Crippen molar-refractivity contribution in [1.29, 1.82) is 0 Å². The first kappa shape index (κ1) is 14.7. The Hall–Kier alpha value is -1.18. The average molecular weight is 322 g/mol. The zero-order valence-corrected chi connectivity index (χ0v) is 13.8. The monoisotopic (exact) mass is 322 g/mol. The van der Waals surface area contributed by atoms with E-state index in [0.29, 0.717) is 0 Å². The number of carbonyl (C=O) groups is 1. The van der Waals surface area contributed by atoms with Crippen molar-refractivity contribution in [3.8, 4) is 0 Å². The molecule has 0 aromatic carbocycles. The van der Waals surface area contributed by atoms with Gasteiger partial charge in [-0.05, 0) is 19.9 Å². The SMILES string of the molecule is Cc1cc2c(SC(C)C(=O)N3CCNCC3)ncnc2s1. The number of hydrogen-bond donors (Lipinski definition) is 1. The van der Waals surface area contributed by atoms with Crippen molar-refractivity contribution < 1.29 is 4.79 Å². The van der Waals surface area contributed by atoms with E-state index in [1.54, 1.807) is 17.7 Å². The molecule has 0 saturated carbocycles. The fourth-order valence-corrected chi connectivity index (χ4v) is 4.30. The molecule has 21 heavy (non-hydrogen) atoms. The van der Waals surface area contributed by atoms with E-state index in [0.717, 1.165) is 41.4 Å². The minimum atomic E-state index is -0.124. The molecule has 112 valence electrons. The first-order chi connectivity index (χ1) is 10.1. The Bertz CT molecular complexity index is 651. The Morgan fingerprint density at radius 1 is 1.43 bits per heavy atom. The first-order valence-corrected chi connectivity index (χ1v) is 8.72. The van der Waals surface area contributed by atoms with Crippen molar-refractivity contribution >= 4 is 39.2 Å². The van der Waals surface area contributed by atoms with Gasteiger partial charge in [0.15, 0.2) is 0 Å². The summed E-state index contributed by atoms with van der Waals surface area (Å²) in [5, 5.41) is 5.10. The fourth-order valence-electron chi connectivity index (χ4n) is 2.41. The van der Waals surface area contributed by atoms with Gasteiger partial charge < -0.3 is 10.2 Å². The molecule has 1 fully saturated rings. The molecule has 1 N–H and O–H groups in total. The Balaban J connectivity index is 1.76. The molecular formula is C14H18N4OS2. The highest BCUT2D eigenvalue weighted by Crippen LogP contribution is 2.32. The molecule has 0 aliphatic carbocycles. The van der Waals surface area contributed by atoms with E-state index in [1.807, 2.05) is 11.8 Å². The van der Waals surface area contributed by atoms with Crippen LogP contribution in [-0.4, -0.2) is 52.2 Å². The van der Waals surface area contributed by atoms with Gasteiger partial charge in [-0.1, -0.05) is 11.8 Å². The van der Waals surface area contributed by atoms with E-state index in [2.05, 4.69) is 28.3 Å². The molecule has 0 spiro atoms. The second kappa shape index (κ2) is 6.29. The van der Waals surface area contributed by atoms with Crippen molar-refractivity contribution in [3.05, 3.63) is 17.3 Å². The van der Waals surface area contributed by atoms with Gasteiger partial charge in [0.25, 0.3) is 0 Å². The number of thiophene rings is 1. The van der Waals surface area contributed by atoms with E-state index in [4.69, 9.17) is 0 Å². The van der Waals surface area contributed by atoms with Gasteiger partial charge in [-0.15, -0.1) is 11.3 Å². The lowest BCUT2D eigenvalue weighted by Gasteiger charge is -2.29. The Kier molecular flexibility index (Phi) is 4.42. The molecule has 1 aliphatic rings. The number of amides is 1. The minimum absolute atomic E-state index is 0.124. The van der Waals surface area contributed by atoms with Gasteiger partial charge in [0, 0.05) is 36.4 Å². The number of piperazine rings is 1. The van der Waals surface area contributed by atoms with Crippen LogP contribution < -0.4 is 5.32 Å². The maximum Gasteiger partial charge on any atom is 0.235 e. The Labute approximate surface area is 132 Å². The third kappa shape index (κ3) is 3.20. The summed E-state index contributed by atoms with van der Waals surface area (Å²) in [5.74, 6) is 0.195. The summed E-state index contributed by atoms with van der Waals surface area (Å²) in [6.07, 6.45) is 1.59. The molecule has 1 unspecified atom stereocenters. The third-order valence-electron chi connectivity index (χ3n) is 3.48. The molecule has 0 radical (unpaired) electrons. The number of rotatable bonds is 3. The van der Waals surface area contributed by atoms with Crippen LogP contribution in [0, 0.1) is 6.92 Å². The number of nitrogens with one attached hydrogen (secondary N) is 1. The predicted molar refractivity (Wildman–Crippen MR) is 86.9 cm³/mol. The highest BCUT2D eigenvalue weighted by molar-refractivity contribution is 8.00. The second-order valence-electron chi connectivity index (χ2n) is 5.09. The van der Waals surface area contributed by atoms with E-state index in [9.17, 15) is 4.79 Å². The molecule has 0 bridgehead atoms. The van der Waals surface area contributed by atoms with Gasteiger partial charge in [-0.25, -0.2) is 9.97 Å². The van der Waals surface area contributed by atoms with E-state index >= 15 is 0 Å². The van der Waals surface area contributed by atoms with Crippen molar-refractivity contribution in [2.75, 3.05) is 26.2 Å². The quantitative estimate of drug-likeness (QED) is 0.691. The highest BCUT2D eigenvalue weighted by Gasteiger charge is 2.24. The maximum absolute atomic E-state index is 12.5. The summed E-state index contributed by atoms with van der Waals surface area (Å²) in [6, 6.07) is 2.10. The topological polar surface area (TPSA) is 58.1 Å². The highest BCUT2D eigenvalue weighted by atomic mass is 32.2. The summed E-state index contributed by atoms with van der Waals surface area (Å²) < 4.78 is 0. The lowest BCUT2D eigenvalue weighted by atomic mass is 10.3. The zero-order valence-electron chi connectivity index (χ0n) is 12.1. The van der Waals surface area contributed by atoms with Crippen molar-refractivity contribution in [2.24, 2.45) is 0 Å². The summed E-state index contributed by atoms with van der Waals surface area (Å²) in [4.78, 5) is 25.3. The number of aryl methyl sites for hydroxylation is 1. The van der Waals surface area contributed by atoms with Gasteiger partial charge in [0.2, 0.25) is 5.91 Å². The third-order valence-corrected chi connectivity index (χ3v) is 5.54. The van der Waals surface area contributed by atoms with Crippen LogP contribution >= 0.6 is 23.1 Å². The normalized spacial score (nSPS) is 17.1. The summed E-state index contributed by atoms with van der Waals surface area (Å²) in [6.45, 7) is 7.37. The number of fused-ring (bicyclic) bond motifs is 1. The van der Waals surface area contributed by atoms with E-state index in [1.165, 1.54) is 16.6 Å². The number of hydrogen-bond acceptors (Lipinski definition) is 6. The average Bonchev–Trinajstić information content (AvgIpc) is 2.88.